The monoisotopic (exact) mass is 650 g/mol. The van der Waals surface area contributed by atoms with Gasteiger partial charge in [0.15, 0.2) is 5.78 Å². The number of ether oxygens (including phenoxy) is 1. The molecule has 20 heteroatoms. The molecule has 3 nitrogen and oxygen atoms in total. The molecule has 0 radical (unpaired) electrons. The lowest BCUT2D eigenvalue weighted by Gasteiger charge is -2.45. The van der Waals surface area contributed by atoms with E-state index in [9.17, 15) is 75.4 Å². The standard InChI is InChI=1S/C22H15F17O3/c1-13(2,3)42-12(41)14(8-9-6-4-5-7-10(9)11(14)40)15(23,24)16(25,26)17(27,28)18(29,30)19(31,32)20(33,34)21(35,36)22(37,38)39/h4-7H,8H2,1-3H3/t14-/m0/s1. The highest BCUT2D eigenvalue weighted by Crippen LogP contribution is 2.66. The van der Waals surface area contributed by atoms with Gasteiger partial charge in [0.25, 0.3) is 0 Å². The Hall–Kier alpha value is -2.83. The van der Waals surface area contributed by atoms with Crippen molar-refractivity contribution in [2.45, 2.75) is 80.4 Å². The summed E-state index contributed by atoms with van der Waals surface area (Å²) in [5.74, 6) is -64.3. The number of Topliss-reactive ketones (excluding diaryl/α,β-unsaturated/α-hetero) is 1. The highest BCUT2D eigenvalue weighted by Gasteiger charge is 2.97. The Bertz CT molecular complexity index is 1240. The Morgan fingerprint density at radius 1 is 0.643 bits per heavy atom. The van der Waals surface area contributed by atoms with E-state index < -0.39 is 88.0 Å². The number of benzene rings is 1. The summed E-state index contributed by atoms with van der Waals surface area (Å²) in [4.78, 5) is 25.6. The average Bonchev–Trinajstić information content (AvgIpc) is 3.10. The predicted molar refractivity (Wildman–Crippen MR) is 103 cm³/mol. The molecule has 0 N–H and O–H groups in total. The number of rotatable bonds is 8. The highest BCUT2D eigenvalue weighted by molar-refractivity contribution is 6.17. The molecule has 0 aliphatic heterocycles. The largest absolute Gasteiger partial charge is 0.460 e. The zero-order valence-corrected chi connectivity index (χ0v) is 20.7. The van der Waals surface area contributed by atoms with Gasteiger partial charge in [-0.05, 0) is 26.3 Å². The molecule has 0 saturated heterocycles. The van der Waals surface area contributed by atoms with Crippen molar-refractivity contribution in [2.24, 2.45) is 5.41 Å². The lowest BCUT2D eigenvalue weighted by molar-refractivity contribution is -0.464. The van der Waals surface area contributed by atoms with Gasteiger partial charge in [0.05, 0.1) is 0 Å². The summed E-state index contributed by atoms with van der Waals surface area (Å²) in [7, 11) is 0. The number of hydrogen-bond donors (Lipinski definition) is 0. The van der Waals surface area contributed by atoms with Crippen LogP contribution in [0.2, 0.25) is 0 Å². The fraction of sp³-hybridized carbons (Fsp3) is 0.636. The molecule has 0 fully saturated rings. The minimum Gasteiger partial charge on any atom is -0.459 e. The van der Waals surface area contributed by atoms with Crippen molar-refractivity contribution >= 4 is 11.8 Å². The second-order valence-electron chi connectivity index (χ2n) is 10.1. The smallest absolute Gasteiger partial charge is 0.459 e. The fourth-order valence-corrected chi connectivity index (χ4v) is 3.84. The molecule has 1 atom stereocenters. The molecule has 1 aromatic rings. The second kappa shape index (κ2) is 9.33. The molecule has 1 aliphatic carbocycles. The van der Waals surface area contributed by atoms with Crippen molar-refractivity contribution in [1.29, 1.82) is 0 Å². The molecule has 0 saturated carbocycles. The maximum Gasteiger partial charge on any atom is 0.460 e. The van der Waals surface area contributed by atoms with E-state index in [1.807, 2.05) is 0 Å². The molecule has 0 amide bonds. The van der Waals surface area contributed by atoms with Crippen molar-refractivity contribution in [3.8, 4) is 0 Å². The molecule has 240 valence electrons. The third-order valence-electron chi connectivity index (χ3n) is 6.11. The molecule has 0 unspecified atom stereocenters. The summed E-state index contributed by atoms with van der Waals surface area (Å²) in [6, 6.07) is 3.00. The molecule has 0 heterocycles. The minimum absolute atomic E-state index is 0.554. The minimum atomic E-state index is -8.85. The van der Waals surface area contributed by atoms with Gasteiger partial charge in [-0.3, -0.25) is 9.59 Å². The quantitative estimate of drug-likeness (QED) is 0.164. The number of alkyl halides is 17. The van der Waals surface area contributed by atoms with Crippen LogP contribution >= 0.6 is 0 Å². The number of hydrogen-bond acceptors (Lipinski definition) is 3. The first-order valence-corrected chi connectivity index (χ1v) is 10.8. The van der Waals surface area contributed by atoms with Gasteiger partial charge in [-0.25, -0.2) is 0 Å². The summed E-state index contributed by atoms with van der Waals surface area (Å²) < 4.78 is 240. The lowest BCUT2D eigenvalue weighted by Crippen LogP contribution is -2.76. The van der Waals surface area contributed by atoms with E-state index in [0.717, 1.165) is 32.9 Å². The molecule has 1 aliphatic rings. The van der Waals surface area contributed by atoms with Crippen molar-refractivity contribution in [1.82, 2.24) is 0 Å². The maximum absolute atomic E-state index is 15.5. The van der Waals surface area contributed by atoms with E-state index in [1.165, 1.54) is 0 Å². The average molecular weight is 650 g/mol. The van der Waals surface area contributed by atoms with Gasteiger partial charge in [-0.15, -0.1) is 0 Å². The van der Waals surface area contributed by atoms with Crippen LogP contribution in [0, 0.1) is 5.41 Å². The van der Waals surface area contributed by atoms with E-state index in [0.29, 0.717) is 12.1 Å². The third kappa shape index (κ3) is 4.31. The zero-order valence-electron chi connectivity index (χ0n) is 20.7. The van der Waals surface area contributed by atoms with Gasteiger partial charge in [-0.2, -0.15) is 74.6 Å². The molecule has 1 aromatic carbocycles. The first kappa shape index (κ1) is 35.4. The van der Waals surface area contributed by atoms with Crippen molar-refractivity contribution in [3.05, 3.63) is 35.4 Å². The summed E-state index contributed by atoms with van der Waals surface area (Å²) >= 11 is 0. The summed E-state index contributed by atoms with van der Waals surface area (Å²) in [6.07, 6.45) is -9.94. The summed E-state index contributed by atoms with van der Waals surface area (Å²) in [6.45, 7) is 2.52. The number of carbonyl (C=O) groups excluding carboxylic acids is 2. The van der Waals surface area contributed by atoms with Crippen LogP contribution in [-0.4, -0.2) is 65.0 Å². The first-order valence-electron chi connectivity index (χ1n) is 10.8. The van der Waals surface area contributed by atoms with Crippen LogP contribution in [0.15, 0.2) is 24.3 Å². The van der Waals surface area contributed by atoms with Gasteiger partial charge in [-0.1, -0.05) is 24.3 Å². The molecule has 2 rings (SSSR count). The van der Waals surface area contributed by atoms with Crippen LogP contribution in [0.4, 0.5) is 74.6 Å². The Morgan fingerprint density at radius 3 is 1.40 bits per heavy atom. The number of carbonyl (C=O) groups is 2. The molecule has 0 spiro atoms. The summed E-state index contributed by atoms with van der Waals surface area (Å²) in [5, 5.41) is 0. The SMILES string of the molecule is CC(C)(C)OC(=O)[C@]1(C(F)(F)C(F)(F)C(F)(F)C(F)(F)C(F)(F)C(F)(F)C(F)(F)C(F)(F)F)Cc2ccccc2C1=O. The number of fused-ring (bicyclic) bond motifs is 1. The first-order chi connectivity index (χ1) is 18.2. The van der Waals surface area contributed by atoms with E-state index in [1.54, 1.807) is 0 Å². The van der Waals surface area contributed by atoms with Crippen LogP contribution in [0.3, 0.4) is 0 Å². The molecular weight excluding hydrogens is 635 g/mol. The number of halogens is 17. The van der Waals surface area contributed by atoms with Gasteiger partial charge in [0.1, 0.15) is 5.60 Å². The maximum atomic E-state index is 15.5. The highest BCUT2D eigenvalue weighted by atomic mass is 19.4. The van der Waals surface area contributed by atoms with Crippen molar-refractivity contribution < 1.29 is 89.0 Å². The van der Waals surface area contributed by atoms with Crippen LogP contribution in [-0.2, 0) is 16.0 Å². The Kier molecular flexibility index (Phi) is 7.86. The number of esters is 1. The molecule has 0 bridgehead atoms. The van der Waals surface area contributed by atoms with E-state index in [-0.39, 0.29) is 0 Å². The Labute approximate surface area is 223 Å². The van der Waals surface area contributed by atoms with Gasteiger partial charge in [0.2, 0.25) is 5.41 Å². The van der Waals surface area contributed by atoms with Crippen LogP contribution in [0.5, 0.6) is 0 Å². The van der Waals surface area contributed by atoms with Crippen molar-refractivity contribution in [2.75, 3.05) is 0 Å². The normalized spacial score (nSPS) is 20.0. The second-order valence-corrected chi connectivity index (χ2v) is 10.1. The van der Waals surface area contributed by atoms with Gasteiger partial charge >= 0.3 is 53.6 Å². The number of ketones is 1. The van der Waals surface area contributed by atoms with E-state index in [4.69, 9.17) is 0 Å². The fourth-order valence-electron chi connectivity index (χ4n) is 3.84. The predicted octanol–water partition coefficient (Wildman–Crippen LogP) is 7.76. The van der Waals surface area contributed by atoms with Crippen LogP contribution < -0.4 is 0 Å². The Balaban J connectivity index is 2.86. The molecule has 0 aromatic heterocycles. The van der Waals surface area contributed by atoms with Crippen LogP contribution in [0.25, 0.3) is 0 Å². The molecule has 42 heavy (non-hydrogen) atoms. The van der Waals surface area contributed by atoms with Gasteiger partial charge in [0, 0.05) is 12.0 Å². The summed E-state index contributed by atoms with van der Waals surface area (Å²) in [5.41, 5.74) is -8.92. The van der Waals surface area contributed by atoms with E-state index >= 15 is 8.78 Å². The van der Waals surface area contributed by atoms with Crippen LogP contribution in [0.1, 0.15) is 36.7 Å². The topological polar surface area (TPSA) is 43.4 Å². The third-order valence-corrected chi connectivity index (χ3v) is 6.11. The van der Waals surface area contributed by atoms with Gasteiger partial charge < -0.3 is 4.74 Å². The lowest BCUT2D eigenvalue weighted by atomic mass is 9.72. The van der Waals surface area contributed by atoms with Crippen molar-refractivity contribution in [3.63, 3.8) is 0 Å². The Morgan fingerprint density at radius 2 is 1.02 bits per heavy atom. The molecular formula is C22H15F17O3. The van der Waals surface area contributed by atoms with E-state index in [2.05, 4.69) is 4.74 Å². The zero-order chi connectivity index (χ0) is 33.6.